The van der Waals surface area contributed by atoms with Gasteiger partial charge in [-0.3, -0.25) is 9.69 Å². The minimum Gasteiger partial charge on any atom is -0.467 e. The van der Waals surface area contributed by atoms with Crippen LogP contribution in [0.4, 0.5) is 0 Å². The topological polar surface area (TPSA) is 54.7 Å². The highest BCUT2D eigenvalue weighted by atomic mass is 16.5. The van der Waals surface area contributed by atoms with Crippen molar-refractivity contribution in [2.45, 2.75) is 51.5 Å². The quantitative estimate of drug-likeness (QED) is 0.919. The van der Waals surface area contributed by atoms with Gasteiger partial charge in [0.1, 0.15) is 11.9 Å². The molecule has 21 heavy (non-hydrogen) atoms. The lowest BCUT2D eigenvalue weighted by Gasteiger charge is -2.36. The number of carbonyl (C=O) groups excluding carboxylic acids is 1. The van der Waals surface area contributed by atoms with Crippen molar-refractivity contribution >= 4 is 5.91 Å². The molecule has 5 nitrogen and oxygen atoms in total. The number of hydrogen-bond acceptors (Lipinski definition) is 4. The number of rotatable bonds is 4. The van der Waals surface area contributed by atoms with Crippen molar-refractivity contribution in [3.8, 4) is 0 Å². The van der Waals surface area contributed by atoms with E-state index in [1.54, 1.807) is 6.26 Å². The number of nitrogens with zero attached hydrogens (tertiary/aromatic N) is 1. The van der Waals surface area contributed by atoms with Crippen molar-refractivity contribution in [3.63, 3.8) is 0 Å². The van der Waals surface area contributed by atoms with Gasteiger partial charge in [-0.25, -0.2) is 0 Å². The average Bonchev–Trinajstić information content (AvgIpc) is 3.12. The van der Waals surface area contributed by atoms with Crippen molar-refractivity contribution in [1.82, 2.24) is 10.2 Å². The molecule has 0 aromatic carbocycles. The van der Waals surface area contributed by atoms with Crippen LogP contribution in [0.5, 0.6) is 0 Å². The van der Waals surface area contributed by atoms with Gasteiger partial charge in [0.15, 0.2) is 0 Å². The third-order valence-corrected chi connectivity index (χ3v) is 4.62. The summed E-state index contributed by atoms with van der Waals surface area (Å²) in [5.74, 6) is 1.28. The van der Waals surface area contributed by atoms with Crippen molar-refractivity contribution in [1.29, 1.82) is 0 Å². The number of piperidine rings is 1. The van der Waals surface area contributed by atoms with Gasteiger partial charge in [-0.05, 0) is 51.3 Å². The largest absolute Gasteiger partial charge is 0.467 e. The molecule has 0 radical (unpaired) electrons. The molecule has 3 rings (SSSR count). The number of ether oxygens (including phenoxy) is 1. The summed E-state index contributed by atoms with van der Waals surface area (Å²) in [5.41, 5.74) is 0. The number of carbonyl (C=O) groups is 1. The first-order valence-corrected chi connectivity index (χ1v) is 7.83. The standard InChI is InChI=1S/C16H24N2O3/c1-11(2)18-6-5-12-8-14(21-15(12)10-18)16(19)17-9-13-4-3-7-20-13/h3-4,7,11-12,14-15H,5-6,8-10H2,1-2H3,(H,17,19)/t12-,14+,15+/m1/s1. The third-order valence-electron chi connectivity index (χ3n) is 4.62. The van der Waals surface area contributed by atoms with Gasteiger partial charge in [-0.1, -0.05) is 0 Å². The number of furan rings is 1. The Morgan fingerprint density at radius 3 is 3.10 bits per heavy atom. The van der Waals surface area contributed by atoms with E-state index in [4.69, 9.17) is 9.15 Å². The molecule has 0 unspecified atom stereocenters. The van der Waals surface area contributed by atoms with E-state index in [0.717, 1.165) is 31.7 Å². The van der Waals surface area contributed by atoms with Crippen LogP contribution in [-0.2, 0) is 16.1 Å². The smallest absolute Gasteiger partial charge is 0.249 e. The Morgan fingerprint density at radius 2 is 2.38 bits per heavy atom. The molecule has 0 saturated carbocycles. The molecule has 1 aromatic rings. The van der Waals surface area contributed by atoms with Crippen molar-refractivity contribution in [3.05, 3.63) is 24.2 Å². The molecule has 0 aliphatic carbocycles. The zero-order valence-electron chi connectivity index (χ0n) is 12.7. The van der Waals surface area contributed by atoms with Crippen LogP contribution in [0.25, 0.3) is 0 Å². The van der Waals surface area contributed by atoms with E-state index in [1.165, 1.54) is 0 Å². The molecule has 2 aliphatic rings. The summed E-state index contributed by atoms with van der Waals surface area (Å²) in [6.07, 6.45) is 3.50. The van der Waals surface area contributed by atoms with Gasteiger partial charge in [0, 0.05) is 12.6 Å². The van der Waals surface area contributed by atoms with E-state index in [9.17, 15) is 4.79 Å². The fourth-order valence-electron chi connectivity index (χ4n) is 3.29. The Labute approximate surface area is 125 Å². The molecule has 1 aromatic heterocycles. The maximum Gasteiger partial charge on any atom is 0.249 e. The van der Waals surface area contributed by atoms with E-state index < -0.39 is 0 Å². The second-order valence-corrected chi connectivity index (χ2v) is 6.33. The molecule has 3 atom stereocenters. The Kier molecular flexibility index (Phi) is 4.31. The lowest BCUT2D eigenvalue weighted by Crippen LogP contribution is -2.45. The van der Waals surface area contributed by atoms with Crippen LogP contribution in [0.15, 0.2) is 22.8 Å². The summed E-state index contributed by atoms with van der Waals surface area (Å²) in [5, 5.41) is 2.90. The van der Waals surface area contributed by atoms with Gasteiger partial charge in [0.25, 0.3) is 0 Å². The van der Waals surface area contributed by atoms with E-state index in [1.807, 2.05) is 12.1 Å². The zero-order valence-corrected chi connectivity index (χ0v) is 12.7. The molecule has 0 spiro atoms. The summed E-state index contributed by atoms with van der Waals surface area (Å²) in [6, 6.07) is 4.22. The van der Waals surface area contributed by atoms with E-state index in [-0.39, 0.29) is 18.1 Å². The van der Waals surface area contributed by atoms with Crippen LogP contribution in [0.2, 0.25) is 0 Å². The van der Waals surface area contributed by atoms with Crippen LogP contribution in [0, 0.1) is 5.92 Å². The fraction of sp³-hybridized carbons (Fsp3) is 0.688. The Balaban J connectivity index is 1.51. The number of nitrogens with one attached hydrogen (secondary N) is 1. The first-order chi connectivity index (χ1) is 10.1. The van der Waals surface area contributed by atoms with Crippen LogP contribution >= 0.6 is 0 Å². The predicted molar refractivity (Wildman–Crippen MR) is 78.6 cm³/mol. The van der Waals surface area contributed by atoms with Gasteiger partial charge >= 0.3 is 0 Å². The molecular weight excluding hydrogens is 268 g/mol. The molecule has 1 amide bonds. The first-order valence-electron chi connectivity index (χ1n) is 7.83. The highest BCUT2D eigenvalue weighted by Crippen LogP contribution is 2.33. The van der Waals surface area contributed by atoms with Crippen LogP contribution in [-0.4, -0.2) is 42.1 Å². The summed E-state index contributed by atoms with van der Waals surface area (Å²) in [6.45, 7) is 6.91. The molecule has 2 saturated heterocycles. The van der Waals surface area contributed by atoms with Gasteiger partial charge in [-0.2, -0.15) is 0 Å². The normalized spacial score (nSPS) is 29.6. The zero-order chi connectivity index (χ0) is 14.8. The van der Waals surface area contributed by atoms with Crippen molar-refractivity contribution in [2.75, 3.05) is 13.1 Å². The third kappa shape index (κ3) is 3.30. The van der Waals surface area contributed by atoms with Gasteiger partial charge in [0.2, 0.25) is 5.91 Å². The second kappa shape index (κ2) is 6.20. The Bertz CT molecular complexity index is 472. The lowest BCUT2D eigenvalue weighted by atomic mass is 9.91. The lowest BCUT2D eigenvalue weighted by molar-refractivity contribution is -0.133. The first kappa shape index (κ1) is 14.6. The minimum absolute atomic E-state index is 0.0168. The molecule has 116 valence electrons. The highest BCUT2D eigenvalue weighted by molar-refractivity contribution is 5.81. The average molecular weight is 292 g/mol. The van der Waals surface area contributed by atoms with Gasteiger partial charge < -0.3 is 14.5 Å². The van der Waals surface area contributed by atoms with Gasteiger partial charge in [0.05, 0.1) is 18.9 Å². The molecular formula is C16H24N2O3. The van der Waals surface area contributed by atoms with E-state index in [0.29, 0.717) is 18.5 Å². The summed E-state index contributed by atoms with van der Waals surface area (Å²) in [7, 11) is 0. The van der Waals surface area contributed by atoms with E-state index >= 15 is 0 Å². The predicted octanol–water partition coefficient (Wildman–Crippen LogP) is 1.78. The number of amides is 1. The summed E-state index contributed by atoms with van der Waals surface area (Å²) in [4.78, 5) is 14.6. The number of fused-ring (bicyclic) bond motifs is 1. The molecule has 3 heterocycles. The molecule has 5 heteroatoms. The second-order valence-electron chi connectivity index (χ2n) is 6.33. The maximum absolute atomic E-state index is 12.2. The van der Waals surface area contributed by atoms with Crippen LogP contribution < -0.4 is 5.32 Å². The van der Waals surface area contributed by atoms with E-state index in [2.05, 4.69) is 24.1 Å². The Morgan fingerprint density at radius 1 is 1.52 bits per heavy atom. The van der Waals surface area contributed by atoms with Crippen LogP contribution in [0.1, 0.15) is 32.4 Å². The van der Waals surface area contributed by atoms with Gasteiger partial charge in [-0.15, -0.1) is 0 Å². The Hall–Kier alpha value is -1.33. The van der Waals surface area contributed by atoms with Crippen molar-refractivity contribution < 1.29 is 13.9 Å². The molecule has 2 aliphatic heterocycles. The number of hydrogen-bond donors (Lipinski definition) is 1. The van der Waals surface area contributed by atoms with Crippen LogP contribution in [0.3, 0.4) is 0 Å². The monoisotopic (exact) mass is 292 g/mol. The molecule has 2 fully saturated rings. The van der Waals surface area contributed by atoms with Crippen molar-refractivity contribution in [2.24, 2.45) is 5.92 Å². The SMILES string of the molecule is CC(C)N1CC[C@@H]2C[C@@H](C(=O)NCc3ccco3)O[C@H]2C1. The highest BCUT2D eigenvalue weighted by Gasteiger charge is 2.42. The fourth-order valence-corrected chi connectivity index (χ4v) is 3.29. The molecule has 0 bridgehead atoms. The number of likely N-dealkylation sites (tertiary alicyclic amines) is 1. The maximum atomic E-state index is 12.2. The summed E-state index contributed by atoms with van der Waals surface area (Å²) < 4.78 is 11.2. The minimum atomic E-state index is -0.304. The summed E-state index contributed by atoms with van der Waals surface area (Å²) >= 11 is 0. The molecule has 1 N–H and O–H groups in total.